The third-order valence-electron chi connectivity index (χ3n) is 0.741. The zero-order chi connectivity index (χ0) is 7.11. The maximum Gasteiger partial charge on any atom is 0.137 e. The van der Waals surface area contributed by atoms with Crippen molar-refractivity contribution in [2.24, 2.45) is 0 Å². The first-order chi connectivity index (χ1) is 4.35. The molecule has 0 saturated heterocycles. The third-order valence-corrected chi connectivity index (χ3v) is 3.04. The number of hydrogen-bond donors (Lipinski definition) is 0. The fourth-order valence-electron chi connectivity index (χ4n) is 0.425. The molecular weight excluding hydrogens is 150 g/mol. The van der Waals surface area contributed by atoms with Crippen LogP contribution in [-0.2, 0) is 0 Å². The number of thioether (sulfide) groups is 2. The van der Waals surface area contributed by atoms with Crippen molar-refractivity contribution in [1.29, 1.82) is 5.26 Å². The topological polar surface area (TPSA) is 23.8 Å². The molecule has 0 aromatic rings. The number of hydrogen-bond acceptors (Lipinski definition) is 3. The highest BCUT2D eigenvalue weighted by Crippen LogP contribution is 2.21. The number of nitrogens with zero attached hydrogens (tertiary/aromatic N) is 1. The molecule has 0 N–H and O–H groups in total. The van der Waals surface area contributed by atoms with Gasteiger partial charge in [0.2, 0.25) is 0 Å². The molecule has 0 fully saturated rings. The van der Waals surface area contributed by atoms with Crippen LogP contribution in [0, 0.1) is 11.3 Å². The molecule has 0 spiro atoms. The first-order valence-corrected chi connectivity index (χ1v) is 5.07. The fourth-order valence-corrected chi connectivity index (χ4v) is 2.38. The minimum absolute atomic E-state index is 0.153. The molecule has 0 atom stereocenters. The van der Waals surface area contributed by atoms with E-state index >= 15 is 0 Å². The molecule has 0 heterocycles. The summed E-state index contributed by atoms with van der Waals surface area (Å²) in [5, 5.41) is 8.50. The summed E-state index contributed by atoms with van der Waals surface area (Å²) in [6.45, 7) is 4.15. The van der Waals surface area contributed by atoms with Crippen LogP contribution in [0.3, 0.4) is 0 Å². The van der Waals surface area contributed by atoms with E-state index in [9.17, 15) is 0 Å². The Balaban J connectivity index is 3.32. The highest BCUT2D eigenvalue weighted by atomic mass is 32.2. The van der Waals surface area contributed by atoms with Gasteiger partial charge in [-0.15, -0.1) is 23.5 Å². The zero-order valence-electron chi connectivity index (χ0n) is 5.76. The van der Waals surface area contributed by atoms with Crippen LogP contribution >= 0.6 is 23.5 Å². The Bertz CT molecular complexity index is 91.7. The minimum atomic E-state index is 0.153. The van der Waals surface area contributed by atoms with Crippen LogP contribution in [-0.4, -0.2) is 16.1 Å². The Labute approximate surface area is 65.2 Å². The second-order valence-corrected chi connectivity index (χ2v) is 4.43. The van der Waals surface area contributed by atoms with E-state index in [2.05, 4.69) is 19.9 Å². The van der Waals surface area contributed by atoms with Crippen LogP contribution in [0.25, 0.3) is 0 Å². The van der Waals surface area contributed by atoms with Gasteiger partial charge in [-0.3, -0.25) is 0 Å². The van der Waals surface area contributed by atoms with Gasteiger partial charge in [0.15, 0.2) is 0 Å². The molecule has 0 aromatic heterocycles. The van der Waals surface area contributed by atoms with Crippen molar-refractivity contribution in [1.82, 2.24) is 0 Å². The molecule has 0 amide bonds. The van der Waals surface area contributed by atoms with Crippen molar-refractivity contribution in [2.75, 3.05) is 11.5 Å². The Kier molecular flexibility index (Phi) is 6.45. The minimum Gasteiger partial charge on any atom is -0.196 e. The summed E-state index contributed by atoms with van der Waals surface area (Å²) < 4.78 is 0.153. The van der Waals surface area contributed by atoms with E-state index < -0.39 is 0 Å². The van der Waals surface area contributed by atoms with Crippen LogP contribution in [0.4, 0.5) is 0 Å². The van der Waals surface area contributed by atoms with Gasteiger partial charge in [0.05, 0.1) is 6.07 Å². The van der Waals surface area contributed by atoms with Crippen LogP contribution in [0.5, 0.6) is 0 Å². The van der Waals surface area contributed by atoms with E-state index in [1.54, 1.807) is 23.5 Å². The van der Waals surface area contributed by atoms with Crippen molar-refractivity contribution < 1.29 is 0 Å². The van der Waals surface area contributed by atoms with Gasteiger partial charge in [0.1, 0.15) is 4.58 Å². The van der Waals surface area contributed by atoms with E-state index in [-0.39, 0.29) is 4.58 Å². The highest BCUT2D eigenvalue weighted by Gasteiger charge is 2.03. The normalized spacial score (nSPS) is 9.56. The summed E-state index contributed by atoms with van der Waals surface area (Å²) in [4.78, 5) is 0. The Morgan fingerprint density at radius 3 is 2.00 bits per heavy atom. The lowest BCUT2D eigenvalue weighted by Gasteiger charge is -2.02. The third kappa shape index (κ3) is 4.68. The Hall–Kier alpha value is 0.190. The summed E-state index contributed by atoms with van der Waals surface area (Å²) in [7, 11) is 0. The first kappa shape index (κ1) is 9.19. The Morgan fingerprint density at radius 2 is 1.78 bits per heavy atom. The molecule has 0 aromatic carbocycles. The monoisotopic (exact) mass is 161 g/mol. The van der Waals surface area contributed by atoms with Gasteiger partial charge in [-0.25, -0.2) is 0 Å². The molecule has 0 bridgehead atoms. The molecular formula is C6H11NS2. The van der Waals surface area contributed by atoms with E-state index in [0.29, 0.717) is 0 Å². The Morgan fingerprint density at radius 1 is 1.33 bits per heavy atom. The maximum atomic E-state index is 8.50. The lowest BCUT2D eigenvalue weighted by atomic mass is 10.9. The zero-order valence-corrected chi connectivity index (χ0v) is 7.39. The van der Waals surface area contributed by atoms with Gasteiger partial charge in [-0.05, 0) is 11.5 Å². The molecule has 0 unspecified atom stereocenters. The molecule has 9 heavy (non-hydrogen) atoms. The van der Waals surface area contributed by atoms with Crippen LogP contribution < -0.4 is 0 Å². The molecule has 0 saturated carbocycles. The maximum absolute atomic E-state index is 8.50. The molecule has 0 rings (SSSR count). The lowest BCUT2D eigenvalue weighted by molar-refractivity contribution is 1.43. The first-order valence-electron chi connectivity index (χ1n) is 2.98. The SMILES string of the molecule is CCSC(C#N)SCC. The molecule has 0 aliphatic carbocycles. The van der Waals surface area contributed by atoms with Gasteiger partial charge < -0.3 is 0 Å². The molecule has 0 radical (unpaired) electrons. The van der Waals surface area contributed by atoms with Crippen LogP contribution in [0.1, 0.15) is 13.8 Å². The molecule has 0 aliphatic heterocycles. The summed E-state index contributed by atoms with van der Waals surface area (Å²) >= 11 is 3.41. The van der Waals surface area contributed by atoms with Crippen LogP contribution in [0.2, 0.25) is 0 Å². The summed E-state index contributed by atoms with van der Waals surface area (Å²) in [6, 6.07) is 2.23. The summed E-state index contributed by atoms with van der Waals surface area (Å²) in [5.74, 6) is 2.07. The quantitative estimate of drug-likeness (QED) is 0.591. The van der Waals surface area contributed by atoms with Gasteiger partial charge in [0, 0.05) is 0 Å². The van der Waals surface area contributed by atoms with E-state index in [1.165, 1.54) is 0 Å². The summed E-state index contributed by atoms with van der Waals surface area (Å²) in [6.07, 6.45) is 0. The van der Waals surface area contributed by atoms with E-state index in [4.69, 9.17) is 5.26 Å². The standard InChI is InChI=1S/C6H11NS2/c1-3-8-6(5-7)9-4-2/h6H,3-4H2,1-2H3. The van der Waals surface area contributed by atoms with Gasteiger partial charge in [0.25, 0.3) is 0 Å². The average Bonchev–Trinajstić information content (AvgIpc) is 1.88. The average molecular weight is 161 g/mol. The fraction of sp³-hybridized carbons (Fsp3) is 0.833. The van der Waals surface area contributed by atoms with Crippen molar-refractivity contribution in [3.05, 3.63) is 0 Å². The van der Waals surface area contributed by atoms with Crippen LogP contribution in [0.15, 0.2) is 0 Å². The van der Waals surface area contributed by atoms with Crippen molar-refractivity contribution in [2.45, 2.75) is 18.4 Å². The molecule has 52 valence electrons. The van der Waals surface area contributed by atoms with Crippen molar-refractivity contribution >= 4 is 23.5 Å². The largest absolute Gasteiger partial charge is 0.196 e. The molecule has 0 aliphatic rings. The van der Waals surface area contributed by atoms with Gasteiger partial charge in [-0.1, -0.05) is 13.8 Å². The van der Waals surface area contributed by atoms with E-state index in [1.807, 2.05) is 0 Å². The number of rotatable bonds is 4. The second kappa shape index (κ2) is 6.31. The predicted molar refractivity (Wildman–Crippen MR) is 45.7 cm³/mol. The molecule has 1 nitrogen and oxygen atoms in total. The lowest BCUT2D eigenvalue weighted by Crippen LogP contribution is -1.92. The second-order valence-electron chi connectivity index (χ2n) is 1.37. The highest BCUT2D eigenvalue weighted by molar-refractivity contribution is 8.17. The summed E-state index contributed by atoms with van der Waals surface area (Å²) in [5.41, 5.74) is 0. The molecule has 3 heteroatoms. The number of nitriles is 1. The van der Waals surface area contributed by atoms with E-state index in [0.717, 1.165) is 11.5 Å². The van der Waals surface area contributed by atoms with Gasteiger partial charge in [-0.2, -0.15) is 5.26 Å². The predicted octanol–water partition coefficient (Wildman–Crippen LogP) is 2.34. The van der Waals surface area contributed by atoms with Gasteiger partial charge >= 0.3 is 0 Å². The van der Waals surface area contributed by atoms with Crippen molar-refractivity contribution in [3.8, 4) is 6.07 Å². The smallest absolute Gasteiger partial charge is 0.137 e. The van der Waals surface area contributed by atoms with Crippen molar-refractivity contribution in [3.63, 3.8) is 0 Å².